The summed E-state index contributed by atoms with van der Waals surface area (Å²) in [6, 6.07) is 20.8. The van der Waals surface area contributed by atoms with E-state index in [9.17, 15) is 0 Å². The van der Waals surface area contributed by atoms with E-state index in [0.717, 1.165) is 24.7 Å². The smallest absolute Gasteiger partial charge is 0.0700 e. The van der Waals surface area contributed by atoms with Gasteiger partial charge in [-0.05, 0) is 24.3 Å². The van der Waals surface area contributed by atoms with Gasteiger partial charge in [0, 0.05) is 21.3 Å². The molecule has 0 unspecified atom stereocenters. The zero-order chi connectivity index (χ0) is 15.3. The van der Waals surface area contributed by atoms with E-state index in [0.29, 0.717) is 13.2 Å². The first kappa shape index (κ1) is 17.4. The molecule has 4 heteroatoms. The Labute approximate surface area is 141 Å². The summed E-state index contributed by atoms with van der Waals surface area (Å²) in [7, 11) is 0. The van der Waals surface area contributed by atoms with Crippen LogP contribution < -0.4 is 0 Å². The molecule has 0 aliphatic carbocycles. The predicted octanol–water partition coefficient (Wildman–Crippen LogP) is 4.60. The summed E-state index contributed by atoms with van der Waals surface area (Å²) in [4.78, 5) is 2.58. The first-order valence-electron chi connectivity index (χ1n) is 7.46. The number of thioether (sulfide) groups is 2. The highest BCUT2D eigenvalue weighted by molar-refractivity contribution is 7.99. The van der Waals surface area contributed by atoms with Crippen LogP contribution in [-0.2, 0) is 9.47 Å². The molecule has 0 N–H and O–H groups in total. The first-order chi connectivity index (χ1) is 10.9. The minimum absolute atomic E-state index is 0.672. The monoisotopic (exact) mass is 334 g/mol. The standard InChI is InChI=1S/C18H22O2S2/c1-3-7-17(8-4-1)21-15-13-19-11-12-20-14-16-22-18-9-5-2-6-10-18/h1-10H,11-16H2. The molecule has 0 saturated carbocycles. The molecule has 118 valence electrons. The van der Waals surface area contributed by atoms with Gasteiger partial charge in [0.2, 0.25) is 0 Å². The first-order valence-corrected chi connectivity index (χ1v) is 9.43. The molecule has 0 bridgehead atoms. The van der Waals surface area contributed by atoms with Crippen LogP contribution in [-0.4, -0.2) is 37.9 Å². The Balaban J connectivity index is 1.37. The third-order valence-corrected chi connectivity index (χ3v) is 4.80. The number of hydrogen-bond acceptors (Lipinski definition) is 4. The van der Waals surface area contributed by atoms with E-state index in [1.54, 1.807) is 0 Å². The molecule has 2 aromatic rings. The second kappa shape index (κ2) is 11.6. The van der Waals surface area contributed by atoms with Gasteiger partial charge in [0.05, 0.1) is 26.4 Å². The minimum Gasteiger partial charge on any atom is -0.378 e. The van der Waals surface area contributed by atoms with E-state index in [-0.39, 0.29) is 0 Å². The third kappa shape index (κ3) is 7.90. The van der Waals surface area contributed by atoms with Crippen LogP contribution in [0.25, 0.3) is 0 Å². The molecule has 0 spiro atoms. The van der Waals surface area contributed by atoms with E-state index >= 15 is 0 Å². The van der Waals surface area contributed by atoms with Crippen LogP contribution in [0.5, 0.6) is 0 Å². The summed E-state index contributed by atoms with van der Waals surface area (Å²) >= 11 is 3.64. The van der Waals surface area contributed by atoms with Crippen molar-refractivity contribution in [1.82, 2.24) is 0 Å². The van der Waals surface area contributed by atoms with Gasteiger partial charge in [-0.25, -0.2) is 0 Å². The number of ether oxygens (including phenoxy) is 2. The molecular formula is C18H22O2S2. The van der Waals surface area contributed by atoms with Gasteiger partial charge < -0.3 is 9.47 Å². The molecule has 0 aliphatic heterocycles. The zero-order valence-electron chi connectivity index (χ0n) is 12.6. The maximum atomic E-state index is 5.57. The molecule has 0 heterocycles. The van der Waals surface area contributed by atoms with E-state index in [1.165, 1.54) is 9.79 Å². The van der Waals surface area contributed by atoms with Gasteiger partial charge in [-0.1, -0.05) is 36.4 Å². The van der Waals surface area contributed by atoms with E-state index < -0.39 is 0 Å². The highest BCUT2D eigenvalue weighted by Gasteiger charge is 1.95. The molecule has 0 aliphatic rings. The lowest BCUT2D eigenvalue weighted by Gasteiger charge is -2.06. The van der Waals surface area contributed by atoms with Crippen molar-refractivity contribution in [2.45, 2.75) is 9.79 Å². The number of benzene rings is 2. The van der Waals surface area contributed by atoms with Crippen LogP contribution in [0.1, 0.15) is 0 Å². The molecule has 2 nitrogen and oxygen atoms in total. The summed E-state index contributed by atoms with van der Waals surface area (Å²) in [5, 5.41) is 0. The highest BCUT2D eigenvalue weighted by Crippen LogP contribution is 2.17. The number of hydrogen-bond donors (Lipinski definition) is 0. The zero-order valence-corrected chi connectivity index (χ0v) is 14.3. The molecule has 0 amide bonds. The average molecular weight is 335 g/mol. The van der Waals surface area contributed by atoms with Crippen molar-refractivity contribution in [3.05, 3.63) is 60.7 Å². The molecule has 0 aromatic heterocycles. The fraction of sp³-hybridized carbons (Fsp3) is 0.333. The summed E-state index contributed by atoms with van der Waals surface area (Å²) in [6.45, 7) is 2.88. The van der Waals surface area contributed by atoms with Gasteiger partial charge in [0.25, 0.3) is 0 Å². The SMILES string of the molecule is c1ccc(SCCOCCOCCSc2ccccc2)cc1. The molecule has 0 atom stereocenters. The van der Waals surface area contributed by atoms with Crippen LogP contribution in [0.2, 0.25) is 0 Å². The Morgan fingerprint density at radius 1 is 0.545 bits per heavy atom. The molecule has 0 radical (unpaired) electrons. The molecule has 2 aromatic carbocycles. The topological polar surface area (TPSA) is 18.5 Å². The van der Waals surface area contributed by atoms with Gasteiger partial charge in [0.1, 0.15) is 0 Å². The van der Waals surface area contributed by atoms with Gasteiger partial charge in [-0.2, -0.15) is 0 Å². The predicted molar refractivity (Wildman–Crippen MR) is 96.0 cm³/mol. The largest absolute Gasteiger partial charge is 0.378 e. The van der Waals surface area contributed by atoms with Crippen molar-refractivity contribution in [2.24, 2.45) is 0 Å². The molecule has 2 rings (SSSR count). The van der Waals surface area contributed by atoms with Crippen LogP contribution in [0.3, 0.4) is 0 Å². The summed E-state index contributed by atoms with van der Waals surface area (Å²) in [5.41, 5.74) is 0. The maximum absolute atomic E-state index is 5.57. The minimum atomic E-state index is 0.672. The molecule has 0 saturated heterocycles. The van der Waals surface area contributed by atoms with Crippen molar-refractivity contribution in [2.75, 3.05) is 37.9 Å². The van der Waals surface area contributed by atoms with Crippen molar-refractivity contribution >= 4 is 23.5 Å². The van der Waals surface area contributed by atoms with Crippen molar-refractivity contribution in [3.63, 3.8) is 0 Å². The van der Waals surface area contributed by atoms with Crippen LogP contribution >= 0.6 is 23.5 Å². The normalized spacial score (nSPS) is 10.7. The fourth-order valence-corrected chi connectivity index (χ4v) is 3.37. The number of rotatable bonds is 11. The van der Waals surface area contributed by atoms with Crippen LogP contribution in [0.15, 0.2) is 70.5 Å². The third-order valence-electron chi connectivity index (χ3n) is 2.85. The van der Waals surface area contributed by atoms with Gasteiger partial charge in [0.15, 0.2) is 0 Å². The van der Waals surface area contributed by atoms with Crippen LogP contribution in [0, 0.1) is 0 Å². The van der Waals surface area contributed by atoms with Gasteiger partial charge in [-0.15, -0.1) is 23.5 Å². The summed E-state index contributed by atoms with van der Waals surface area (Å²) in [5.74, 6) is 1.96. The Kier molecular flexibility index (Phi) is 9.19. The molecule has 22 heavy (non-hydrogen) atoms. The Morgan fingerprint density at radius 3 is 1.36 bits per heavy atom. The maximum Gasteiger partial charge on any atom is 0.0700 e. The van der Waals surface area contributed by atoms with Crippen LogP contribution in [0.4, 0.5) is 0 Å². The fourth-order valence-electron chi connectivity index (χ4n) is 1.79. The average Bonchev–Trinajstić information content (AvgIpc) is 2.58. The molecule has 0 fully saturated rings. The van der Waals surface area contributed by atoms with E-state index in [4.69, 9.17) is 9.47 Å². The van der Waals surface area contributed by atoms with Crippen molar-refractivity contribution in [3.8, 4) is 0 Å². The van der Waals surface area contributed by atoms with Crippen molar-refractivity contribution in [1.29, 1.82) is 0 Å². The highest BCUT2D eigenvalue weighted by atomic mass is 32.2. The van der Waals surface area contributed by atoms with Gasteiger partial charge >= 0.3 is 0 Å². The van der Waals surface area contributed by atoms with Crippen molar-refractivity contribution < 1.29 is 9.47 Å². The van der Waals surface area contributed by atoms with E-state index in [1.807, 2.05) is 35.7 Å². The summed E-state index contributed by atoms with van der Waals surface area (Å²) in [6.07, 6.45) is 0. The second-order valence-corrected chi connectivity index (χ2v) is 6.88. The summed E-state index contributed by atoms with van der Waals surface area (Å²) < 4.78 is 11.1. The lowest BCUT2D eigenvalue weighted by molar-refractivity contribution is 0.0605. The van der Waals surface area contributed by atoms with Gasteiger partial charge in [-0.3, -0.25) is 0 Å². The Bertz CT molecular complexity index is 443. The van der Waals surface area contributed by atoms with E-state index in [2.05, 4.69) is 48.5 Å². The lowest BCUT2D eigenvalue weighted by Crippen LogP contribution is -2.08. The Hall–Kier alpha value is -0.940. The second-order valence-electron chi connectivity index (χ2n) is 4.55. The Morgan fingerprint density at radius 2 is 0.955 bits per heavy atom. The quantitative estimate of drug-likeness (QED) is 0.441. The lowest BCUT2D eigenvalue weighted by atomic mass is 10.4. The molecular weight excluding hydrogens is 312 g/mol.